The molecule has 1 aliphatic carbocycles. The van der Waals surface area contributed by atoms with E-state index >= 15 is 0 Å². The smallest absolute Gasteiger partial charge is 0.200 e. The van der Waals surface area contributed by atoms with Crippen molar-refractivity contribution in [3.63, 3.8) is 0 Å². The molecular weight excluding hydrogens is 357 g/mol. The number of ether oxygens (including phenoxy) is 2. The molecule has 6 heteroatoms. The minimum atomic E-state index is -0.936. The number of benzene rings is 2. The van der Waals surface area contributed by atoms with E-state index < -0.39 is 17.5 Å². The molecule has 0 heterocycles. The molecule has 0 atom stereocenters. The molecule has 146 valence electrons. The normalized spacial score (nSPS) is 19.7. The molecule has 0 saturated heterocycles. The van der Waals surface area contributed by atoms with Gasteiger partial charge in [-0.15, -0.1) is 0 Å². The Bertz CT molecular complexity index is 786. The number of aliphatic hydroxyl groups excluding tert-OH is 1. The fourth-order valence-corrected chi connectivity index (χ4v) is 3.62. The lowest BCUT2D eigenvalue weighted by molar-refractivity contribution is 0.198. The van der Waals surface area contributed by atoms with Gasteiger partial charge in [0.15, 0.2) is 11.6 Å². The molecule has 2 aromatic carbocycles. The highest BCUT2D eigenvalue weighted by Gasteiger charge is 2.27. The zero-order valence-corrected chi connectivity index (χ0v) is 15.2. The van der Waals surface area contributed by atoms with Gasteiger partial charge in [-0.2, -0.15) is 4.39 Å². The lowest BCUT2D eigenvalue weighted by Crippen LogP contribution is -2.20. The average Bonchev–Trinajstić information content (AvgIpc) is 2.69. The molecule has 0 amide bonds. The van der Waals surface area contributed by atoms with Gasteiger partial charge in [0.05, 0.1) is 20.3 Å². The molecule has 0 aliphatic heterocycles. The Morgan fingerprint density at radius 2 is 1.74 bits per heavy atom. The summed E-state index contributed by atoms with van der Waals surface area (Å²) in [4.78, 5) is 0. The van der Waals surface area contributed by atoms with E-state index in [1.54, 1.807) is 12.1 Å². The van der Waals surface area contributed by atoms with Crippen LogP contribution in [0.15, 0.2) is 30.3 Å². The predicted octanol–water partition coefficient (Wildman–Crippen LogP) is 4.96. The first-order valence-corrected chi connectivity index (χ1v) is 9.07. The van der Waals surface area contributed by atoms with Crippen LogP contribution in [0.4, 0.5) is 13.2 Å². The maximum absolute atomic E-state index is 14.3. The van der Waals surface area contributed by atoms with Crippen molar-refractivity contribution >= 4 is 0 Å². The number of methoxy groups -OCH3 is 1. The Balaban J connectivity index is 1.55. The monoisotopic (exact) mass is 380 g/mol. The first kappa shape index (κ1) is 19.5. The van der Waals surface area contributed by atoms with Crippen LogP contribution in [0.1, 0.15) is 42.7 Å². The SMILES string of the molecule is COc1ccc(C2CCC(COc3ccc(CO)c(F)c3)CC2)c(F)c1F. The summed E-state index contributed by atoms with van der Waals surface area (Å²) in [6.07, 6.45) is 3.15. The Labute approximate surface area is 156 Å². The highest BCUT2D eigenvalue weighted by molar-refractivity contribution is 5.33. The van der Waals surface area contributed by atoms with Gasteiger partial charge in [0.1, 0.15) is 11.6 Å². The predicted molar refractivity (Wildman–Crippen MR) is 95.4 cm³/mol. The molecule has 1 saturated carbocycles. The zero-order chi connectivity index (χ0) is 19.4. The van der Waals surface area contributed by atoms with Crippen molar-refractivity contribution in [2.24, 2.45) is 5.92 Å². The molecule has 2 aromatic rings. The second-order valence-electron chi connectivity index (χ2n) is 6.92. The van der Waals surface area contributed by atoms with E-state index in [9.17, 15) is 13.2 Å². The van der Waals surface area contributed by atoms with Crippen LogP contribution in [0.25, 0.3) is 0 Å². The van der Waals surface area contributed by atoms with Crippen molar-refractivity contribution in [2.45, 2.75) is 38.2 Å². The number of aliphatic hydroxyl groups is 1. The van der Waals surface area contributed by atoms with Crippen molar-refractivity contribution < 1.29 is 27.8 Å². The van der Waals surface area contributed by atoms with Crippen molar-refractivity contribution in [1.82, 2.24) is 0 Å². The van der Waals surface area contributed by atoms with Crippen molar-refractivity contribution in [3.8, 4) is 11.5 Å². The molecule has 0 aromatic heterocycles. The summed E-state index contributed by atoms with van der Waals surface area (Å²) in [6, 6.07) is 7.47. The number of hydrogen-bond acceptors (Lipinski definition) is 3. The molecule has 1 N–H and O–H groups in total. The first-order chi connectivity index (χ1) is 13.0. The van der Waals surface area contributed by atoms with Gasteiger partial charge in [0, 0.05) is 11.6 Å². The topological polar surface area (TPSA) is 38.7 Å². The maximum atomic E-state index is 14.3. The van der Waals surface area contributed by atoms with Gasteiger partial charge >= 0.3 is 0 Å². The van der Waals surface area contributed by atoms with Crippen LogP contribution in [-0.4, -0.2) is 18.8 Å². The number of halogens is 3. The molecule has 1 fully saturated rings. The van der Waals surface area contributed by atoms with E-state index in [0.29, 0.717) is 17.9 Å². The zero-order valence-electron chi connectivity index (χ0n) is 15.2. The molecule has 0 unspecified atom stereocenters. The van der Waals surface area contributed by atoms with Gasteiger partial charge < -0.3 is 14.6 Å². The van der Waals surface area contributed by atoms with E-state index in [0.717, 1.165) is 25.7 Å². The van der Waals surface area contributed by atoms with Crippen LogP contribution >= 0.6 is 0 Å². The molecule has 0 radical (unpaired) electrons. The summed E-state index contributed by atoms with van der Waals surface area (Å²) in [5.41, 5.74) is 0.631. The highest BCUT2D eigenvalue weighted by Crippen LogP contribution is 2.38. The maximum Gasteiger partial charge on any atom is 0.200 e. The molecule has 0 spiro atoms. The molecule has 3 rings (SSSR count). The second-order valence-corrected chi connectivity index (χ2v) is 6.92. The second kappa shape index (κ2) is 8.65. The minimum absolute atomic E-state index is 0.0251. The third kappa shape index (κ3) is 4.38. The van der Waals surface area contributed by atoms with Gasteiger partial charge in [-0.05, 0) is 55.2 Å². The largest absolute Gasteiger partial charge is 0.494 e. The Kier molecular flexibility index (Phi) is 6.26. The van der Waals surface area contributed by atoms with Crippen molar-refractivity contribution in [1.29, 1.82) is 0 Å². The van der Waals surface area contributed by atoms with Crippen LogP contribution in [0.5, 0.6) is 11.5 Å². The van der Waals surface area contributed by atoms with Gasteiger partial charge in [-0.1, -0.05) is 12.1 Å². The minimum Gasteiger partial charge on any atom is -0.494 e. The summed E-state index contributed by atoms with van der Waals surface area (Å²) >= 11 is 0. The summed E-state index contributed by atoms with van der Waals surface area (Å²) in [5, 5.41) is 8.99. The molecular formula is C21H23F3O3. The summed E-state index contributed by atoms with van der Waals surface area (Å²) in [7, 11) is 1.31. The van der Waals surface area contributed by atoms with Crippen LogP contribution < -0.4 is 9.47 Å². The first-order valence-electron chi connectivity index (χ1n) is 9.07. The standard InChI is InChI=1S/C21H23F3O3/c1-26-19-9-8-17(20(23)21(19)24)14-4-2-13(3-5-14)12-27-16-7-6-15(11-25)18(22)10-16/h6-10,13-14,25H,2-5,11-12H2,1H3. The fourth-order valence-electron chi connectivity index (χ4n) is 3.62. The lowest BCUT2D eigenvalue weighted by Gasteiger charge is -2.29. The Morgan fingerprint density at radius 1 is 1.00 bits per heavy atom. The van der Waals surface area contributed by atoms with Crippen LogP contribution in [0.2, 0.25) is 0 Å². The third-order valence-electron chi connectivity index (χ3n) is 5.26. The summed E-state index contributed by atoms with van der Waals surface area (Å²) in [6.45, 7) is 0.0999. The molecule has 1 aliphatic rings. The molecule has 3 nitrogen and oxygen atoms in total. The summed E-state index contributed by atoms with van der Waals surface area (Å²) in [5.74, 6) is -1.65. The number of rotatable bonds is 6. The van der Waals surface area contributed by atoms with Crippen molar-refractivity contribution in [2.75, 3.05) is 13.7 Å². The average molecular weight is 380 g/mol. The van der Waals surface area contributed by atoms with Crippen LogP contribution in [0, 0.1) is 23.4 Å². The van der Waals surface area contributed by atoms with Crippen LogP contribution in [-0.2, 0) is 6.61 Å². The van der Waals surface area contributed by atoms with Gasteiger partial charge in [-0.3, -0.25) is 0 Å². The fraction of sp³-hybridized carbons (Fsp3) is 0.429. The third-order valence-corrected chi connectivity index (χ3v) is 5.26. The van der Waals surface area contributed by atoms with E-state index in [1.807, 2.05) is 0 Å². The lowest BCUT2D eigenvalue weighted by atomic mass is 9.79. The van der Waals surface area contributed by atoms with E-state index in [4.69, 9.17) is 14.6 Å². The highest BCUT2D eigenvalue weighted by atomic mass is 19.2. The van der Waals surface area contributed by atoms with E-state index in [-0.39, 0.29) is 29.8 Å². The Morgan fingerprint density at radius 3 is 2.37 bits per heavy atom. The quantitative estimate of drug-likeness (QED) is 0.770. The van der Waals surface area contributed by atoms with Gasteiger partial charge in [-0.25, -0.2) is 8.78 Å². The van der Waals surface area contributed by atoms with E-state index in [1.165, 1.54) is 25.3 Å². The van der Waals surface area contributed by atoms with Gasteiger partial charge in [0.2, 0.25) is 5.82 Å². The number of hydrogen-bond donors (Lipinski definition) is 1. The molecule has 0 bridgehead atoms. The van der Waals surface area contributed by atoms with Crippen molar-refractivity contribution in [3.05, 3.63) is 58.9 Å². The van der Waals surface area contributed by atoms with Crippen LogP contribution in [0.3, 0.4) is 0 Å². The Hall–Kier alpha value is -2.21. The van der Waals surface area contributed by atoms with E-state index in [2.05, 4.69) is 0 Å². The molecule has 27 heavy (non-hydrogen) atoms. The van der Waals surface area contributed by atoms with Gasteiger partial charge in [0.25, 0.3) is 0 Å². The summed E-state index contributed by atoms with van der Waals surface area (Å²) < 4.78 is 52.3.